The molecule has 0 saturated heterocycles. The third-order valence-electron chi connectivity index (χ3n) is 4.81. The lowest BCUT2D eigenvalue weighted by Gasteiger charge is -2.32. The lowest BCUT2D eigenvalue weighted by atomic mass is 9.90. The summed E-state index contributed by atoms with van der Waals surface area (Å²) in [6.45, 7) is 4.40. The lowest BCUT2D eigenvalue weighted by Crippen LogP contribution is -2.44. The summed E-state index contributed by atoms with van der Waals surface area (Å²) in [7, 11) is 0. The molecule has 0 radical (unpaired) electrons. The van der Waals surface area contributed by atoms with Crippen LogP contribution in [0.1, 0.15) is 70.4 Å². The highest BCUT2D eigenvalue weighted by atomic mass is 16.5. The van der Waals surface area contributed by atoms with Crippen LogP contribution in [0.15, 0.2) is 24.3 Å². The van der Waals surface area contributed by atoms with Gasteiger partial charge < -0.3 is 10.1 Å². The Bertz CT molecular complexity index is 446. The van der Waals surface area contributed by atoms with E-state index in [0.717, 1.165) is 5.75 Å². The van der Waals surface area contributed by atoms with Crippen LogP contribution in [0.5, 0.6) is 5.75 Å². The zero-order chi connectivity index (χ0) is 14.0. The van der Waals surface area contributed by atoms with E-state index < -0.39 is 0 Å². The van der Waals surface area contributed by atoms with Crippen LogP contribution in [0.25, 0.3) is 0 Å². The van der Waals surface area contributed by atoms with Crippen LogP contribution in [0.2, 0.25) is 0 Å². The minimum absolute atomic E-state index is 0.147. The van der Waals surface area contributed by atoms with Crippen molar-refractivity contribution < 1.29 is 4.74 Å². The van der Waals surface area contributed by atoms with E-state index in [1.807, 2.05) is 0 Å². The van der Waals surface area contributed by atoms with Crippen LogP contribution in [-0.2, 0) is 0 Å². The van der Waals surface area contributed by atoms with Gasteiger partial charge >= 0.3 is 0 Å². The van der Waals surface area contributed by atoms with Gasteiger partial charge in [-0.15, -0.1) is 0 Å². The van der Waals surface area contributed by atoms with E-state index in [0.29, 0.717) is 12.1 Å². The first-order valence-electron chi connectivity index (χ1n) is 8.21. The Morgan fingerprint density at radius 2 is 1.65 bits per heavy atom. The number of ether oxygens (including phenoxy) is 1. The highest BCUT2D eigenvalue weighted by Crippen LogP contribution is 2.43. The number of nitrogens with one attached hydrogen (secondary N) is 1. The van der Waals surface area contributed by atoms with Crippen molar-refractivity contribution in [2.24, 2.45) is 0 Å². The molecule has 2 heteroatoms. The zero-order valence-electron chi connectivity index (χ0n) is 12.8. The molecule has 1 aliphatic heterocycles. The summed E-state index contributed by atoms with van der Waals surface area (Å²) in [5.41, 5.74) is 1.19. The summed E-state index contributed by atoms with van der Waals surface area (Å²) in [5.74, 6) is 1.06. The monoisotopic (exact) mass is 273 g/mol. The van der Waals surface area contributed by atoms with E-state index in [4.69, 9.17) is 4.74 Å². The molecule has 1 fully saturated rings. The number of para-hydroxylation sites is 1. The first kappa shape index (κ1) is 13.9. The number of benzene rings is 1. The Balaban J connectivity index is 1.74. The molecule has 3 rings (SSSR count). The SMILES string of the molecule is CC1(C)Oc2ccccc2C1NC1CCCCCCC1. The average molecular weight is 273 g/mol. The van der Waals surface area contributed by atoms with Gasteiger partial charge in [0.2, 0.25) is 0 Å². The molecular formula is C18H27NO. The molecule has 110 valence electrons. The normalized spacial score (nSPS) is 26.4. The predicted octanol–water partition coefficient (Wildman–Crippen LogP) is 4.60. The van der Waals surface area contributed by atoms with Crippen LogP contribution >= 0.6 is 0 Å². The fourth-order valence-electron chi connectivity index (χ4n) is 3.68. The number of rotatable bonds is 2. The maximum absolute atomic E-state index is 6.14. The van der Waals surface area contributed by atoms with Gasteiger partial charge in [0, 0.05) is 11.6 Å². The summed E-state index contributed by atoms with van der Waals surface area (Å²) in [6, 6.07) is 9.46. The molecule has 0 bridgehead atoms. The first-order valence-corrected chi connectivity index (χ1v) is 8.21. The molecule has 1 N–H and O–H groups in total. The second-order valence-electron chi connectivity index (χ2n) is 6.89. The summed E-state index contributed by atoms with van der Waals surface area (Å²) in [6.07, 6.45) is 9.59. The van der Waals surface area contributed by atoms with Crippen LogP contribution in [0.4, 0.5) is 0 Å². The van der Waals surface area contributed by atoms with E-state index in [2.05, 4.69) is 43.4 Å². The van der Waals surface area contributed by atoms with E-state index >= 15 is 0 Å². The fraction of sp³-hybridized carbons (Fsp3) is 0.667. The molecule has 1 aromatic carbocycles. The zero-order valence-corrected chi connectivity index (χ0v) is 12.8. The van der Waals surface area contributed by atoms with Crippen LogP contribution < -0.4 is 10.1 Å². The Morgan fingerprint density at radius 3 is 2.40 bits per heavy atom. The summed E-state index contributed by atoms with van der Waals surface area (Å²) >= 11 is 0. The van der Waals surface area contributed by atoms with Crippen molar-refractivity contribution >= 4 is 0 Å². The van der Waals surface area contributed by atoms with E-state index in [1.165, 1.54) is 50.5 Å². The molecule has 0 aromatic heterocycles. The number of hydrogen-bond donors (Lipinski definition) is 1. The summed E-state index contributed by atoms with van der Waals surface area (Å²) < 4.78 is 6.14. The molecule has 1 unspecified atom stereocenters. The van der Waals surface area contributed by atoms with Gasteiger partial charge in [-0.1, -0.05) is 50.3 Å². The average Bonchev–Trinajstić information content (AvgIpc) is 2.63. The second kappa shape index (κ2) is 5.77. The number of fused-ring (bicyclic) bond motifs is 1. The van der Waals surface area contributed by atoms with Crippen LogP contribution in [-0.4, -0.2) is 11.6 Å². The molecule has 20 heavy (non-hydrogen) atoms. The second-order valence-corrected chi connectivity index (χ2v) is 6.89. The first-order chi connectivity index (χ1) is 9.67. The number of hydrogen-bond acceptors (Lipinski definition) is 2. The van der Waals surface area contributed by atoms with E-state index in [1.54, 1.807) is 0 Å². The molecule has 0 spiro atoms. The third-order valence-corrected chi connectivity index (χ3v) is 4.81. The lowest BCUT2D eigenvalue weighted by molar-refractivity contribution is 0.0887. The van der Waals surface area contributed by atoms with Crippen molar-refractivity contribution in [1.29, 1.82) is 0 Å². The standard InChI is InChI=1S/C18H27NO/c1-18(2)17(15-12-8-9-13-16(15)20-18)19-14-10-6-4-3-5-7-11-14/h8-9,12-14,17,19H,3-7,10-11H2,1-2H3. The topological polar surface area (TPSA) is 21.3 Å². The largest absolute Gasteiger partial charge is 0.486 e. The van der Waals surface area contributed by atoms with Gasteiger partial charge in [-0.05, 0) is 32.8 Å². The van der Waals surface area contributed by atoms with Crippen molar-refractivity contribution in [3.8, 4) is 5.75 Å². The van der Waals surface area contributed by atoms with Crippen molar-refractivity contribution in [1.82, 2.24) is 5.32 Å². The molecule has 2 aliphatic rings. The minimum Gasteiger partial charge on any atom is -0.486 e. The molecule has 2 nitrogen and oxygen atoms in total. The summed E-state index contributed by atoms with van der Waals surface area (Å²) in [4.78, 5) is 0. The Morgan fingerprint density at radius 1 is 1.00 bits per heavy atom. The Kier molecular flexibility index (Phi) is 4.02. The van der Waals surface area contributed by atoms with Crippen molar-refractivity contribution in [2.45, 2.75) is 76.5 Å². The minimum atomic E-state index is -0.147. The maximum atomic E-state index is 6.14. The van der Waals surface area contributed by atoms with Gasteiger partial charge in [-0.3, -0.25) is 0 Å². The van der Waals surface area contributed by atoms with Gasteiger partial charge in [-0.2, -0.15) is 0 Å². The highest BCUT2D eigenvalue weighted by Gasteiger charge is 2.41. The quantitative estimate of drug-likeness (QED) is 0.850. The molecule has 1 aliphatic carbocycles. The predicted molar refractivity (Wildman–Crippen MR) is 83.1 cm³/mol. The fourth-order valence-corrected chi connectivity index (χ4v) is 3.68. The van der Waals surface area contributed by atoms with Crippen LogP contribution in [0, 0.1) is 0 Å². The summed E-state index contributed by atoms with van der Waals surface area (Å²) in [5, 5.41) is 3.91. The van der Waals surface area contributed by atoms with Crippen molar-refractivity contribution in [2.75, 3.05) is 0 Å². The smallest absolute Gasteiger partial charge is 0.125 e. The Labute approximate surface area is 122 Å². The molecule has 0 amide bonds. The third kappa shape index (κ3) is 2.85. The van der Waals surface area contributed by atoms with E-state index in [9.17, 15) is 0 Å². The molecular weight excluding hydrogens is 246 g/mol. The van der Waals surface area contributed by atoms with Crippen molar-refractivity contribution in [3.63, 3.8) is 0 Å². The van der Waals surface area contributed by atoms with Gasteiger partial charge in [0.1, 0.15) is 11.4 Å². The maximum Gasteiger partial charge on any atom is 0.125 e. The van der Waals surface area contributed by atoms with Gasteiger partial charge in [-0.25, -0.2) is 0 Å². The van der Waals surface area contributed by atoms with Crippen LogP contribution in [0.3, 0.4) is 0 Å². The van der Waals surface area contributed by atoms with Gasteiger partial charge in [0.15, 0.2) is 0 Å². The molecule has 1 atom stereocenters. The van der Waals surface area contributed by atoms with Gasteiger partial charge in [0.05, 0.1) is 6.04 Å². The van der Waals surface area contributed by atoms with Crippen molar-refractivity contribution in [3.05, 3.63) is 29.8 Å². The highest BCUT2D eigenvalue weighted by molar-refractivity contribution is 5.42. The molecule has 1 heterocycles. The molecule has 1 saturated carbocycles. The molecule has 1 aromatic rings. The van der Waals surface area contributed by atoms with E-state index in [-0.39, 0.29) is 5.60 Å². The Hall–Kier alpha value is -1.02. The van der Waals surface area contributed by atoms with Gasteiger partial charge in [0.25, 0.3) is 0 Å².